The van der Waals surface area contributed by atoms with Gasteiger partial charge in [0.05, 0.1) is 43.3 Å². The first-order valence-corrected chi connectivity index (χ1v) is 13.8. The van der Waals surface area contributed by atoms with Crippen molar-refractivity contribution < 1.29 is 19.0 Å². The summed E-state index contributed by atoms with van der Waals surface area (Å²) in [7, 11) is 4.61. The van der Waals surface area contributed by atoms with Crippen LogP contribution in [0, 0.1) is 11.3 Å². The third-order valence-corrected chi connectivity index (χ3v) is 7.44. The minimum atomic E-state index is -0.223. The van der Waals surface area contributed by atoms with Gasteiger partial charge in [0, 0.05) is 28.3 Å². The molecule has 1 amide bonds. The van der Waals surface area contributed by atoms with E-state index in [1.807, 2.05) is 36.4 Å². The molecule has 40 heavy (non-hydrogen) atoms. The Morgan fingerprint density at radius 3 is 2.25 bits per heavy atom. The van der Waals surface area contributed by atoms with Gasteiger partial charge < -0.3 is 19.5 Å². The zero-order valence-electron chi connectivity index (χ0n) is 22.0. The SMILES string of the molecule is COc1cc(-c2cc(-c3ccccc3)nc(SCCC(=O)Nc3ccc(Cl)cc3Cl)c2C#N)cc(OC)c1OC. The highest BCUT2D eigenvalue weighted by Gasteiger charge is 2.20. The number of aromatic nitrogens is 1. The van der Waals surface area contributed by atoms with Gasteiger partial charge in [-0.05, 0) is 42.0 Å². The Bertz CT molecular complexity index is 1550. The van der Waals surface area contributed by atoms with E-state index in [2.05, 4.69) is 11.4 Å². The van der Waals surface area contributed by atoms with Crippen LogP contribution in [0.1, 0.15) is 12.0 Å². The molecule has 0 bridgehead atoms. The third kappa shape index (κ3) is 6.62. The first-order chi connectivity index (χ1) is 19.4. The van der Waals surface area contributed by atoms with Crippen LogP contribution in [0.25, 0.3) is 22.4 Å². The number of ether oxygens (including phenoxy) is 3. The average molecular weight is 595 g/mol. The zero-order chi connectivity index (χ0) is 28.6. The van der Waals surface area contributed by atoms with Gasteiger partial charge >= 0.3 is 0 Å². The number of nitrogens with one attached hydrogen (secondary N) is 1. The Morgan fingerprint density at radius 2 is 1.65 bits per heavy atom. The number of pyridine rings is 1. The Hall–Kier alpha value is -3.90. The molecule has 0 radical (unpaired) electrons. The van der Waals surface area contributed by atoms with E-state index < -0.39 is 0 Å². The lowest BCUT2D eigenvalue weighted by molar-refractivity contribution is -0.115. The van der Waals surface area contributed by atoms with Crippen LogP contribution in [0.3, 0.4) is 0 Å². The second-order valence-corrected chi connectivity index (χ2v) is 10.3. The van der Waals surface area contributed by atoms with Gasteiger partial charge in [-0.3, -0.25) is 4.79 Å². The number of carbonyl (C=O) groups is 1. The molecule has 0 aliphatic rings. The maximum absolute atomic E-state index is 12.6. The van der Waals surface area contributed by atoms with E-state index in [1.54, 1.807) is 30.3 Å². The summed E-state index contributed by atoms with van der Waals surface area (Å²) in [4.78, 5) is 17.4. The maximum Gasteiger partial charge on any atom is 0.225 e. The molecule has 0 spiro atoms. The number of rotatable bonds is 10. The molecule has 1 heterocycles. The van der Waals surface area contributed by atoms with Crippen molar-refractivity contribution in [1.29, 1.82) is 5.26 Å². The van der Waals surface area contributed by atoms with E-state index in [-0.39, 0.29) is 12.3 Å². The fourth-order valence-corrected chi connectivity index (χ4v) is 5.40. The molecule has 0 saturated heterocycles. The largest absolute Gasteiger partial charge is 0.493 e. The number of benzene rings is 3. The van der Waals surface area contributed by atoms with Crippen LogP contribution in [-0.4, -0.2) is 38.0 Å². The average Bonchev–Trinajstić information content (AvgIpc) is 2.97. The molecule has 4 rings (SSSR count). The van der Waals surface area contributed by atoms with Gasteiger partial charge in [0.15, 0.2) is 11.5 Å². The molecule has 1 N–H and O–H groups in total. The van der Waals surface area contributed by atoms with Crippen molar-refractivity contribution in [2.45, 2.75) is 11.4 Å². The number of amides is 1. The van der Waals surface area contributed by atoms with Gasteiger partial charge in [-0.25, -0.2) is 4.98 Å². The second-order valence-electron chi connectivity index (χ2n) is 8.40. The van der Waals surface area contributed by atoms with E-state index in [9.17, 15) is 10.1 Å². The fraction of sp³-hybridized carbons (Fsp3) is 0.167. The summed E-state index contributed by atoms with van der Waals surface area (Å²) in [5, 5.41) is 14.4. The van der Waals surface area contributed by atoms with E-state index in [4.69, 9.17) is 42.4 Å². The Balaban J connectivity index is 1.69. The van der Waals surface area contributed by atoms with Gasteiger partial charge in [0.25, 0.3) is 0 Å². The lowest BCUT2D eigenvalue weighted by Crippen LogP contribution is -2.12. The molecular weight excluding hydrogens is 569 g/mol. The Morgan fingerprint density at radius 1 is 0.950 bits per heavy atom. The number of thioether (sulfide) groups is 1. The molecule has 0 fully saturated rings. The molecule has 0 unspecified atom stereocenters. The standard InChI is InChI=1S/C30H25Cl2N3O4S/c1-37-26-13-19(14-27(38-2)29(26)39-3)21-16-25(18-7-5-4-6-8-18)35-30(22(21)17-33)40-12-11-28(36)34-24-10-9-20(31)15-23(24)32/h4-10,13-16H,11-12H2,1-3H3,(H,34,36). The summed E-state index contributed by atoms with van der Waals surface area (Å²) in [6, 6.07) is 22.3. The van der Waals surface area contributed by atoms with Gasteiger partial charge in [-0.1, -0.05) is 53.5 Å². The van der Waals surface area contributed by atoms with Crippen LogP contribution in [0.2, 0.25) is 10.0 Å². The van der Waals surface area contributed by atoms with Gasteiger partial charge in [-0.2, -0.15) is 5.26 Å². The minimum Gasteiger partial charge on any atom is -0.493 e. The second kappa shape index (κ2) is 13.4. The predicted molar refractivity (Wildman–Crippen MR) is 160 cm³/mol. The van der Waals surface area contributed by atoms with Crippen molar-refractivity contribution in [3.63, 3.8) is 0 Å². The van der Waals surface area contributed by atoms with Crippen LogP contribution in [0.15, 0.2) is 71.8 Å². The molecule has 7 nitrogen and oxygen atoms in total. The Kier molecular flexibility index (Phi) is 9.78. The van der Waals surface area contributed by atoms with Crippen LogP contribution >= 0.6 is 35.0 Å². The van der Waals surface area contributed by atoms with Crippen molar-refractivity contribution in [3.05, 3.63) is 82.3 Å². The summed E-state index contributed by atoms with van der Waals surface area (Å²) >= 11 is 13.4. The summed E-state index contributed by atoms with van der Waals surface area (Å²) in [6.45, 7) is 0. The van der Waals surface area contributed by atoms with Crippen LogP contribution in [0.4, 0.5) is 5.69 Å². The molecule has 0 saturated carbocycles. The molecule has 4 aromatic rings. The maximum atomic E-state index is 12.6. The molecule has 0 aliphatic heterocycles. The number of carbonyl (C=O) groups excluding carboxylic acids is 1. The van der Waals surface area contributed by atoms with Crippen molar-refractivity contribution >= 4 is 46.6 Å². The number of methoxy groups -OCH3 is 3. The summed E-state index contributed by atoms with van der Waals surface area (Å²) < 4.78 is 16.6. The monoisotopic (exact) mass is 593 g/mol. The van der Waals surface area contributed by atoms with Crippen molar-refractivity contribution in [2.75, 3.05) is 32.4 Å². The highest BCUT2D eigenvalue weighted by atomic mass is 35.5. The predicted octanol–water partition coefficient (Wildman–Crippen LogP) is 7.74. The van der Waals surface area contributed by atoms with Crippen molar-refractivity contribution in [2.24, 2.45) is 0 Å². The van der Waals surface area contributed by atoms with E-state index in [0.29, 0.717) is 66.1 Å². The number of anilines is 1. The molecule has 204 valence electrons. The normalized spacial score (nSPS) is 10.5. The van der Waals surface area contributed by atoms with Crippen LogP contribution < -0.4 is 19.5 Å². The topological polar surface area (TPSA) is 93.5 Å². The first-order valence-electron chi connectivity index (χ1n) is 12.1. The highest BCUT2D eigenvalue weighted by Crippen LogP contribution is 2.43. The molecule has 3 aromatic carbocycles. The Labute approximate surface area is 247 Å². The van der Waals surface area contributed by atoms with Crippen molar-refractivity contribution in [1.82, 2.24) is 4.98 Å². The first kappa shape index (κ1) is 29.1. The van der Waals surface area contributed by atoms with E-state index >= 15 is 0 Å². The van der Waals surface area contributed by atoms with Gasteiger partial charge in [0.1, 0.15) is 11.1 Å². The lowest BCUT2D eigenvalue weighted by atomic mass is 9.98. The van der Waals surface area contributed by atoms with Gasteiger partial charge in [0.2, 0.25) is 11.7 Å². The van der Waals surface area contributed by atoms with Crippen molar-refractivity contribution in [3.8, 4) is 45.7 Å². The van der Waals surface area contributed by atoms with E-state index in [0.717, 1.165) is 5.56 Å². The van der Waals surface area contributed by atoms with Crippen LogP contribution in [0.5, 0.6) is 17.2 Å². The zero-order valence-corrected chi connectivity index (χ0v) is 24.3. The molecular formula is C30H25Cl2N3O4S. The third-order valence-electron chi connectivity index (χ3n) is 5.92. The molecule has 10 heteroatoms. The highest BCUT2D eigenvalue weighted by molar-refractivity contribution is 7.99. The van der Waals surface area contributed by atoms with E-state index in [1.165, 1.54) is 33.1 Å². The summed E-state index contributed by atoms with van der Waals surface area (Å²) in [5.41, 5.74) is 3.77. The minimum absolute atomic E-state index is 0.172. The number of hydrogen-bond acceptors (Lipinski definition) is 7. The molecule has 0 aliphatic carbocycles. The number of nitrogens with zero attached hydrogens (tertiary/aromatic N) is 2. The molecule has 1 aromatic heterocycles. The summed E-state index contributed by atoms with van der Waals surface area (Å²) in [5.74, 6) is 1.53. The molecule has 0 atom stereocenters. The van der Waals surface area contributed by atoms with Gasteiger partial charge in [-0.15, -0.1) is 11.8 Å². The number of hydrogen-bond donors (Lipinski definition) is 1. The smallest absolute Gasteiger partial charge is 0.225 e. The summed E-state index contributed by atoms with van der Waals surface area (Å²) in [6.07, 6.45) is 0.172. The quantitative estimate of drug-likeness (QED) is 0.188. The number of nitriles is 1. The lowest BCUT2D eigenvalue weighted by Gasteiger charge is -2.16. The van der Waals surface area contributed by atoms with Crippen LogP contribution in [-0.2, 0) is 4.79 Å². The number of halogens is 2. The fourth-order valence-electron chi connectivity index (χ4n) is 4.00.